The largest absolute Gasteiger partial charge is 0.495 e. The lowest BCUT2D eigenvalue weighted by molar-refractivity contribution is -0.384. The molecule has 0 spiro atoms. The van der Waals surface area contributed by atoms with Crippen LogP contribution in [0.2, 0.25) is 0 Å². The fraction of sp³-hybridized carbons (Fsp3) is 0.290. The summed E-state index contributed by atoms with van der Waals surface area (Å²) >= 11 is 5.95. The lowest BCUT2D eigenvalue weighted by Crippen LogP contribution is -2.36. The number of aryl methyl sites for hydroxylation is 1. The van der Waals surface area contributed by atoms with Gasteiger partial charge in [-0.2, -0.15) is 0 Å². The normalized spacial score (nSPS) is 18.7. The lowest BCUT2D eigenvalue weighted by atomic mass is 9.96. The summed E-state index contributed by atoms with van der Waals surface area (Å²) in [5.41, 5.74) is 6.46. The molecule has 4 aromatic rings. The lowest BCUT2D eigenvalue weighted by Gasteiger charge is -2.31. The summed E-state index contributed by atoms with van der Waals surface area (Å²) in [6, 6.07) is 20.7. The summed E-state index contributed by atoms with van der Waals surface area (Å²) in [5, 5.41) is 15.8. The highest BCUT2D eigenvalue weighted by molar-refractivity contribution is 7.80. The average Bonchev–Trinajstić information content (AvgIpc) is 3.52. The SMILES string of the molecule is COc1ccc([N+](=O)[O-])cc1-n1c(C)cc([C@@H]2[C@@H](c3ccccn3)NC(=S)N2c2ccc(N3CCOCC3)cc2)c1C. The highest BCUT2D eigenvalue weighted by Crippen LogP contribution is 2.44. The molecule has 6 rings (SSSR count). The monoisotopic (exact) mass is 584 g/mol. The summed E-state index contributed by atoms with van der Waals surface area (Å²) in [6.45, 7) is 7.19. The highest BCUT2D eigenvalue weighted by Gasteiger charge is 2.42. The van der Waals surface area contributed by atoms with E-state index in [0.29, 0.717) is 16.5 Å². The van der Waals surface area contributed by atoms with Crippen LogP contribution in [-0.4, -0.2) is 53.0 Å². The van der Waals surface area contributed by atoms with Gasteiger partial charge in [0.05, 0.1) is 48.7 Å². The molecule has 2 aliphatic rings. The molecule has 2 fully saturated rings. The minimum Gasteiger partial charge on any atom is -0.495 e. The third-order valence-corrected chi connectivity index (χ3v) is 8.32. The van der Waals surface area contributed by atoms with Crippen LogP contribution in [0.1, 0.15) is 34.7 Å². The minimum atomic E-state index is -0.392. The molecule has 2 saturated heterocycles. The number of pyridine rings is 1. The number of nitro benzene ring substituents is 1. The van der Waals surface area contributed by atoms with E-state index >= 15 is 0 Å². The number of hydrogen-bond acceptors (Lipinski definition) is 7. The molecular weight excluding hydrogens is 552 g/mol. The molecule has 2 aromatic carbocycles. The highest BCUT2D eigenvalue weighted by atomic mass is 32.1. The first kappa shape index (κ1) is 27.7. The van der Waals surface area contributed by atoms with E-state index in [1.807, 2.05) is 36.6 Å². The second-order valence-corrected chi connectivity index (χ2v) is 10.8. The van der Waals surface area contributed by atoms with Gasteiger partial charge in [-0.3, -0.25) is 15.1 Å². The van der Waals surface area contributed by atoms with Gasteiger partial charge in [0.15, 0.2) is 5.11 Å². The molecule has 10 nitrogen and oxygen atoms in total. The zero-order valence-electron chi connectivity index (χ0n) is 23.7. The number of anilines is 2. The molecule has 1 N–H and O–H groups in total. The number of aromatic nitrogens is 2. The maximum atomic E-state index is 11.6. The Morgan fingerprint density at radius 2 is 1.79 bits per heavy atom. The van der Waals surface area contributed by atoms with Crippen molar-refractivity contribution in [2.24, 2.45) is 0 Å². The molecule has 0 aliphatic carbocycles. The number of hydrogen-bond donors (Lipinski definition) is 1. The van der Waals surface area contributed by atoms with Crippen LogP contribution in [0, 0.1) is 24.0 Å². The number of nitrogens with one attached hydrogen (secondary N) is 1. The molecular formula is C31H32N6O4S. The van der Waals surface area contributed by atoms with Gasteiger partial charge < -0.3 is 29.2 Å². The van der Waals surface area contributed by atoms with Crippen LogP contribution in [0.3, 0.4) is 0 Å². The van der Waals surface area contributed by atoms with Gasteiger partial charge in [-0.05, 0) is 80.2 Å². The number of thiocarbonyl (C=S) groups is 1. The predicted octanol–water partition coefficient (Wildman–Crippen LogP) is 5.42. The Hall–Kier alpha value is -4.48. The Labute approximate surface area is 249 Å². The Morgan fingerprint density at radius 1 is 1.05 bits per heavy atom. The first-order chi connectivity index (χ1) is 20.4. The van der Waals surface area contributed by atoms with Crippen LogP contribution < -0.4 is 19.9 Å². The molecule has 42 heavy (non-hydrogen) atoms. The zero-order valence-corrected chi connectivity index (χ0v) is 24.5. The van der Waals surface area contributed by atoms with Gasteiger partial charge in [-0.15, -0.1) is 0 Å². The number of morpholine rings is 1. The number of ether oxygens (including phenoxy) is 2. The molecule has 216 valence electrons. The molecule has 0 bridgehead atoms. The summed E-state index contributed by atoms with van der Waals surface area (Å²) in [6.07, 6.45) is 1.79. The molecule has 11 heteroatoms. The van der Waals surface area contributed by atoms with Crippen LogP contribution in [0.25, 0.3) is 5.69 Å². The molecule has 2 aromatic heterocycles. The van der Waals surface area contributed by atoms with E-state index in [9.17, 15) is 10.1 Å². The van der Waals surface area contributed by atoms with Crippen LogP contribution >= 0.6 is 12.2 Å². The van der Waals surface area contributed by atoms with Crippen LogP contribution in [0.5, 0.6) is 5.75 Å². The first-order valence-electron chi connectivity index (χ1n) is 13.8. The fourth-order valence-corrected chi connectivity index (χ4v) is 6.36. The van der Waals surface area contributed by atoms with Gasteiger partial charge in [0.25, 0.3) is 5.69 Å². The van der Waals surface area contributed by atoms with Gasteiger partial charge in [0, 0.05) is 54.2 Å². The van der Waals surface area contributed by atoms with Crippen molar-refractivity contribution in [1.29, 1.82) is 0 Å². The number of non-ortho nitro benzene ring substituents is 1. The Kier molecular flexibility index (Phi) is 7.53. The number of benzene rings is 2. The summed E-state index contributed by atoms with van der Waals surface area (Å²) in [4.78, 5) is 20.4. The van der Waals surface area contributed by atoms with Gasteiger partial charge in [-0.1, -0.05) is 6.07 Å². The predicted molar refractivity (Wildman–Crippen MR) is 166 cm³/mol. The molecule has 0 unspecified atom stereocenters. The van der Waals surface area contributed by atoms with E-state index in [1.54, 1.807) is 25.4 Å². The standard InChI is InChI=1S/C31H32N6O4S/c1-20-18-25(21(2)35(20)27-19-24(37(38)39)11-12-28(27)40-3)30-29(26-6-4-5-13-32-26)33-31(42)36(30)23-9-7-22(8-10-23)34-14-16-41-17-15-34/h4-13,18-19,29-30H,14-17H2,1-3H3,(H,33,42)/t29-,30-/m1/s1. The molecule has 2 aliphatic heterocycles. The van der Waals surface area contributed by atoms with Crippen LogP contribution in [-0.2, 0) is 4.74 Å². The van der Waals surface area contributed by atoms with E-state index in [0.717, 1.165) is 60.3 Å². The number of rotatable bonds is 7. The van der Waals surface area contributed by atoms with Crippen molar-refractivity contribution in [1.82, 2.24) is 14.9 Å². The van der Waals surface area contributed by atoms with Gasteiger partial charge in [-0.25, -0.2) is 0 Å². The van der Waals surface area contributed by atoms with Crippen molar-refractivity contribution >= 4 is 34.4 Å². The van der Waals surface area contributed by atoms with Crippen molar-refractivity contribution in [2.75, 3.05) is 43.2 Å². The number of methoxy groups -OCH3 is 1. The average molecular weight is 585 g/mol. The number of nitrogens with zero attached hydrogens (tertiary/aromatic N) is 5. The quantitative estimate of drug-likeness (QED) is 0.173. The van der Waals surface area contributed by atoms with Crippen molar-refractivity contribution in [3.8, 4) is 11.4 Å². The van der Waals surface area contributed by atoms with Gasteiger partial charge in [0.1, 0.15) is 5.75 Å². The molecule has 2 atom stereocenters. The number of nitro groups is 1. The van der Waals surface area contributed by atoms with Crippen LogP contribution in [0.15, 0.2) is 72.9 Å². The van der Waals surface area contributed by atoms with Crippen molar-refractivity contribution in [2.45, 2.75) is 25.9 Å². The van der Waals surface area contributed by atoms with E-state index in [2.05, 4.69) is 50.4 Å². The zero-order chi connectivity index (χ0) is 29.4. The molecule has 0 saturated carbocycles. The van der Waals surface area contributed by atoms with Crippen molar-refractivity contribution in [3.63, 3.8) is 0 Å². The Bertz CT molecular complexity index is 1620. The summed E-state index contributed by atoms with van der Waals surface area (Å²) < 4.78 is 13.2. The van der Waals surface area contributed by atoms with Gasteiger partial charge >= 0.3 is 0 Å². The Morgan fingerprint density at radius 3 is 2.45 bits per heavy atom. The topological polar surface area (TPSA) is 97.9 Å². The molecule has 0 amide bonds. The molecule has 4 heterocycles. The van der Waals surface area contributed by atoms with Crippen LogP contribution in [0.4, 0.5) is 17.1 Å². The third kappa shape index (κ3) is 4.94. The minimum absolute atomic E-state index is 0.00286. The maximum absolute atomic E-state index is 11.6. The second kappa shape index (κ2) is 11.4. The maximum Gasteiger partial charge on any atom is 0.271 e. The Balaban J connectivity index is 1.46. The molecule has 0 radical (unpaired) electrons. The third-order valence-electron chi connectivity index (χ3n) is 8.01. The summed E-state index contributed by atoms with van der Waals surface area (Å²) in [5.74, 6) is 0.547. The van der Waals surface area contributed by atoms with E-state index in [1.165, 1.54) is 6.07 Å². The first-order valence-corrected chi connectivity index (χ1v) is 14.2. The van der Waals surface area contributed by atoms with Crippen molar-refractivity contribution in [3.05, 3.63) is 106 Å². The smallest absolute Gasteiger partial charge is 0.271 e. The van der Waals surface area contributed by atoms with Crippen molar-refractivity contribution < 1.29 is 14.4 Å². The van der Waals surface area contributed by atoms with E-state index < -0.39 is 4.92 Å². The fourth-order valence-electron chi connectivity index (χ4n) is 6.02. The van der Waals surface area contributed by atoms with Gasteiger partial charge in [0.2, 0.25) is 0 Å². The summed E-state index contributed by atoms with van der Waals surface area (Å²) in [7, 11) is 1.57. The second-order valence-electron chi connectivity index (χ2n) is 10.4. The van der Waals surface area contributed by atoms with E-state index in [-0.39, 0.29) is 17.8 Å². The van der Waals surface area contributed by atoms with E-state index in [4.69, 9.17) is 21.7 Å².